The Kier molecular flexibility index (Phi) is 5.20. The Hall–Kier alpha value is -1.56. The maximum Gasteiger partial charge on any atom is 0.136 e. The number of pyridine rings is 1. The molecule has 0 unspecified atom stereocenters. The summed E-state index contributed by atoms with van der Waals surface area (Å²) in [6, 6.07) is 6.33. The first-order valence-electron chi connectivity index (χ1n) is 8.07. The van der Waals surface area contributed by atoms with Crippen LogP contribution in [-0.2, 0) is 0 Å². The van der Waals surface area contributed by atoms with Crippen LogP contribution in [0.3, 0.4) is 0 Å². The first kappa shape index (κ1) is 16.3. The highest BCUT2D eigenvalue weighted by Crippen LogP contribution is 2.35. The van der Waals surface area contributed by atoms with E-state index in [0.29, 0.717) is 12.6 Å². The summed E-state index contributed by atoms with van der Waals surface area (Å²) >= 11 is 6.49. The van der Waals surface area contributed by atoms with E-state index in [-0.39, 0.29) is 6.61 Å². The van der Waals surface area contributed by atoms with Crippen LogP contribution in [0.4, 0.5) is 11.5 Å². The lowest BCUT2D eigenvalue weighted by Crippen LogP contribution is -2.35. The van der Waals surface area contributed by atoms with Gasteiger partial charge in [-0.25, -0.2) is 4.98 Å². The maximum atomic E-state index is 9.18. The molecule has 0 spiro atoms. The van der Waals surface area contributed by atoms with Crippen molar-refractivity contribution in [3.8, 4) is 0 Å². The van der Waals surface area contributed by atoms with Crippen molar-refractivity contribution >= 4 is 33.9 Å². The van der Waals surface area contributed by atoms with Crippen molar-refractivity contribution in [2.24, 2.45) is 0 Å². The van der Waals surface area contributed by atoms with E-state index in [1.165, 1.54) is 0 Å². The van der Waals surface area contributed by atoms with Crippen molar-refractivity contribution in [2.75, 3.05) is 43.5 Å². The molecule has 0 aliphatic carbocycles. The monoisotopic (exact) mass is 334 g/mol. The highest BCUT2D eigenvalue weighted by molar-refractivity contribution is 6.37. The van der Waals surface area contributed by atoms with Crippen molar-refractivity contribution in [1.29, 1.82) is 0 Å². The molecular weight excluding hydrogens is 312 g/mol. The van der Waals surface area contributed by atoms with Crippen molar-refractivity contribution in [3.63, 3.8) is 0 Å². The number of hydrogen-bond donors (Lipinski definition) is 3. The molecule has 3 rings (SSSR count). The van der Waals surface area contributed by atoms with Crippen LogP contribution in [0, 0.1) is 0 Å². The number of piperidine rings is 1. The number of aliphatic hydroxyl groups is 1. The molecule has 2 aromatic rings. The van der Waals surface area contributed by atoms with Crippen molar-refractivity contribution in [2.45, 2.75) is 18.9 Å². The quantitative estimate of drug-likeness (QED) is 0.784. The standard InChI is InChI=1S/C17H23ClN4O/c1-22(9-10-23)17-13-3-2-4-14(18)16(13)15(11-20-17)21-12-5-7-19-8-6-12/h2-4,11-12,19,21,23H,5-10H2,1H3. The number of nitrogens with zero attached hydrogens (tertiary/aromatic N) is 2. The third-order valence-electron chi connectivity index (χ3n) is 4.34. The van der Waals surface area contributed by atoms with Crippen LogP contribution in [0.15, 0.2) is 24.4 Å². The number of hydrogen-bond acceptors (Lipinski definition) is 5. The molecule has 0 atom stereocenters. The minimum atomic E-state index is 0.0926. The van der Waals surface area contributed by atoms with Gasteiger partial charge < -0.3 is 20.6 Å². The second-order valence-corrected chi connectivity index (χ2v) is 6.38. The van der Waals surface area contributed by atoms with Crippen LogP contribution in [-0.4, -0.2) is 49.4 Å². The Bertz CT molecular complexity index is 673. The van der Waals surface area contributed by atoms with E-state index in [0.717, 1.165) is 53.2 Å². The Morgan fingerprint density at radius 2 is 2.17 bits per heavy atom. The number of halogens is 1. The molecule has 2 heterocycles. The number of likely N-dealkylation sites (N-methyl/N-ethyl adjacent to an activating group) is 1. The largest absolute Gasteiger partial charge is 0.395 e. The van der Waals surface area contributed by atoms with Gasteiger partial charge in [0, 0.05) is 30.4 Å². The van der Waals surface area contributed by atoms with Gasteiger partial charge in [0.05, 0.1) is 23.5 Å². The Morgan fingerprint density at radius 1 is 1.39 bits per heavy atom. The highest BCUT2D eigenvalue weighted by Gasteiger charge is 2.17. The number of anilines is 2. The third kappa shape index (κ3) is 3.52. The van der Waals surface area contributed by atoms with Gasteiger partial charge in [-0.05, 0) is 32.0 Å². The topological polar surface area (TPSA) is 60.4 Å². The van der Waals surface area contributed by atoms with Gasteiger partial charge in [-0.1, -0.05) is 23.7 Å². The molecule has 0 bridgehead atoms. The van der Waals surface area contributed by atoms with Crippen molar-refractivity contribution < 1.29 is 5.11 Å². The Morgan fingerprint density at radius 3 is 2.91 bits per heavy atom. The molecule has 3 N–H and O–H groups in total. The number of aliphatic hydroxyl groups excluding tert-OH is 1. The van der Waals surface area contributed by atoms with Gasteiger partial charge in [0.25, 0.3) is 0 Å². The molecule has 124 valence electrons. The summed E-state index contributed by atoms with van der Waals surface area (Å²) in [6.45, 7) is 2.70. The van der Waals surface area contributed by atoms with Crippen molar-refractivity contribution in [1.82, 2.24) is 10.3 Å². The summed E-state index contributed by atoms with van der Waals surface area (Å²) in [6.07, 6.45) is 4.05. The fourth-order valence-electron chi connectivity index (χ4n) is 3.10. The van der Waals surface area contributed by atoms with Crippen LogP contribution < -0.4 is 15.5 Å². The SMILES string of the molecule is CN(CCO)c1ncc(NC2CCNCC2)c2c(Cl)cccc12. The van der Waals surface area contributed by atoms with Crippen LogP contribution >= 0.6 is 11.6 Å². The van der Waals surface area contributed by atoms with Gasteiger partial charge in [0.1, 0.15) is 5.82 Å². The van der Waals surface area contributed by atoms with Crippen LogP contribution in [0.25, 0.3) is 10.8 Å². The van der Waals surface area contributed by atoms with Gasteiger partial charge >= 0.3 is 0 Å². The number of benzene rings is 1. The summed E-state index contributed by atoms with van der Waals surface area (Å²) in [5, 5.41) is 18.9. The molecule has 5 nitrogen and oxygen atoms in total. The summed E-state index contributed by atoms with van der Waals surface area (Å²) in [5.74, 6) is 0.840. The van der Waals surface area contributed by atoms with Gasteiger partial charge in [0.15, 0.2) is 0 Å². The van der Waals surface area contributed by atoms with E-state index in [2.05, 4.69) is 15.6 Å². The second-order valence-electron chi connectivity index (χ2n) is 5.97. The predicted octanol–water partition coefficient (Wildman–Crippen LogP) is 2.48. The zero-order chi connectivity index (χ0) is 16.2. The zero-order valence-electron chi connectivity index (χ0n) is 13.3. The number of aromatic nitrogens is 1. The van der Waals surface area contributed by atoms with Gasteiger partial charge in [0.2, 0.25) is 0 Å². The lowest BCUT2D eigenvalue weighted by Gasteiger charge is -2.26. The van der Waals surface area contributed by atoms with E-state index in [1.54, 1.807) is 0 Å². The van der Waals surface area contributed by atoms with E-state index < -0.39 is 0 Å². The van der Waals surface area contributed by atoms with E-state index in [1.807, 2.05) is 36.3 Å². The molecule has 1 aliphatic rings. The molecule has 1 aromatic heterocycles. The summed E-state index contributed by atoms with van der Waals surface area (Å²) < 4.78 is 0. The van der Waals surface area contributed by atoms with E-state index in [4.69, 9.17) is 11.6 Å². The maximum absolute atomic E-state index is 9.18. The first-order valence-corrected chi connectivity index (χ1v) is 8.45. The molecule has 0 amide bonds. The first-order chi connectivity index (χ1) is 11.2. The molecule has 1 aromatic carbocycles. The molecule has 0 saturated carbocycles. The molecule has 0 radical (unpaired) electrons. The summed E-state index contributed by atoms with van der Waals surface area (Å²) in [7, 11) is 1.93. The van der Waals surface area contributed by atoms with E-state index >= 15 is 0 Å². The van der Waals surface area contributed by atoms with Crippen molar-refractivity contribution in [3.05, 3.63) is 29.4 Å². The molecule has 23 heavy (non-hydrogen) atoms. The van der Waals surface area contributed by atoms with Crippen LogP contribution in [0.5, 0.6) is 0 Å². The summed E-state index contributed by atoms with van der Waals surface area (Å²) in [5.41, 5.74) is 0.985. The minimum Gasteiger partial charge on any atom is -0.395 e. The fraction of sp³-hybridized carbons (Fsp3) is 0.471. The zero-order valence-corrected chi connectivity index (χ0v) is 14.1. The Labute approximate surface area is 141 Å². The normalized spacial score (nSPS) is 15.8. The molecular formula is C17H23ClN4O. The third-order valence-corrected chi connectivity index (χ3v) is 4.65. The smallest absolute Gasteiger partial charge is 0.136 e. The number of nitrogens with one attached hydrogen (secondary N) is 2. The lowest BCUT2D eigenvalue weighted by molar-refractivity contribution is 0.304. The van der Waals surface area contributed by atoms with Gasteiger partial charge in [-0.15, -0.1) is 0 Å². The van der Waals surface area contributed by atoms with Gasteiger partial charge in [-0.3, -0.25) is 0 Å². The fourth-order valence-corrected chi connectivity index (χ4v) is 3.38. The predicted molar refractivity (Wildman–Crippen MR) is 96.6 cm³/mol. The molecule has 1 aliphatic heterocycles. The molecule has 6 heteroatoms. The average Bonchev–Trinajstić information content (AvgIpc) is 2.56. The highest BCUT2D eigenvalue weighted by atomic mass is 35.5. The van der Waals surface area contributed by atoms with E-state index in [9.17, 15) is 5.11 Å². The van der Waals surface area contributed by atoms with Crippen LogP contribution in [0.1, 0.15) is 12.8 Å². The Balaban J connectivity index is 2.00. The summed E-state index contributed by atoms with van der Waals surface area (Å²) in [4.78, 5) is 6.56. The average molecular weight is 335 g/mol. The number of rotatable bonds is 5. The molecule has 1 fully saturated rings. The lowest BCUT2D eigenvalue weighted by atomic mass is 10.0. The van der Waals surface area contributed by atoms with Gasteiger partial charge in [-0.2, -0.15) is 0 Å². The minimum absolute atomic E-state index is 0.0926. The number of fused-ring (bicyclic) bond motifs is 1. The molecule has 1 saturated heterocycles. The second kappa shape index (κ2) is 7.34. The van der Waals surface area contributed by atoms with Crippen LogP contribution in [0.2, 0.25) is 5.02 Å².